The van der Waals surface area contributed by atoms with Crippen LogP contribution in [-0.2, 0) is 19.5 Å². The highest BCUT2D eigenvalue weighted by Crippen LogP contribution is 2.25. The van der Waals surface area contributed by atoms with Gasteiger partial charge in [0.2, 0.25) is 0 Å². The second-order valence-corrected chi connectivity index (χ2v) is 5.83. The zero-order valence-corrected chi connectivity index (χ0v) is 13.4. The van der Waals surface area contributed by atoms with Crippen LogP contribution in [-0.4, -0.2) is 42.6 Å². The molecule has 0 saturated carbocycles. The second kappa shape index (κ2) is 6.32. The number of methoxy groups -OCH3 is 1. The molecule has 0 unspecified atom stereocenters. The molecular formula is C17H22N4O. The van der Waals surface area contributed by atoms with Crippen molar-refractivity contribution in [3.8, 4) is 5.75 Å². The Morgan fingerprint density at radius 3 is 2.91 bits per heavy atom. The molecule has 0 aliphatic carbocycles. The summed E-state index contributed by atoms with van der Waals surface area (Å²) in [5.41, 5.74) is 3.70. The quantitative estimate of drug-likeness (QED) is 0.865. The van der Waals surface area contributed by atoms with Gasteiger partial charge in [0.05, 0.1) is 12.8 Å². The fourth-order valence-corrected chi connectivity index (χ4v) is 2.93. The monoisotopic (exact) mass is 298 g/mol. The molecule has 0 radical (unpaired) electrons. The van der Waals surface area contributed by atoms with Crippen LogP contribution in [0.2, 0.25) is 0 Å². The van der Waals surface area contributed by atoms with Crippen LogP contribution >= 0.6 is 0 Å². The maximum atomic E-state index is 5.31. The molecule has 0 bridgehead atoms. The number of benzene rings is 1. The minimum Gasteiger partial charge on any atom is -0.497 e. The lowest BCUT2D eigenvalue weighted by Crippen LogP contribution is -2.32. The van der Waals surface area contributed by atoms with Crippen LogP contribution in [0.15, 0.2) is 30.6 Å². The zero-order chi connectivity index (χ0) is 15.5. The van der Waals surface area contributed by atoms with Crippen molar-refractivity contribution in [3.05, 3.63) is 47.4 Å². The highest BCUT2D eigenvalue weighted by molar-refractivity contribution is 5.48. The summed E-state index contributed by atoms with van der Waals surface area (Å²) >= 11 is 0. The molecule has 1 aromatic carbocycles. The Labute approximate surface area is 131 Å². The number of hydrogen-bond donors (Lipinski definition) is 0. The molecule has 0 amide bonds. The fourth-order valence-electron chi connectivity index (χ4n) is 2.93. The normalized spacial score (nSPS) is 14.5. The summed E-state index contributed by atoms with van der Waals surface area (Å²) in [6.07, 6.45) is 2.65. The first kappa shape index (κ1) is 14.8. The van der Waals surface area contributed by atoms with Crippen molar-refractivity contribution in [2.24, 2.45) is 0 Å². The number of ether oxygens (including phenoxy) is 1. The zero-order valence-electron chi connectivity index (χ0n) is 13.4. The van der Waals surface area contributed by atoms with Crippen molar-refractivity contribution in [2.75, 3.05) is 32.6 Å². The molecule has 0 N–H and O–H groups in total. The van der Waals surface area contributed by atoms with Crippen molar-refractivity contribution in [1.82, 2.24) is 14.9 Å². The molecular weight excluding hydrogens is 276 g/mol. The largest absolute Gasteiger partial charge is 0.497 e. The van der Waals surface area contributed by atoms with E-state index in [4.69, 9.17) is 4.74 Å². The maximum absolute atomic E-state index is 5.31. The Kier molecular flexibility index (Phi) is 4.24. The first-order valence-corrected chi connectivity index (χ1v) is 7.52. The second-order valence-electron chi connectivity index (χ2n) is 5.83. The van der Waals surface area contributed by atoms with E-state index in [0.29, 0.717) is 0 Å². The molecule has 1 aliphatic rings. The fraction of sp³-hybridized carbons (Fsp3) is 0.412. The number of aromatic nitrogens is 2. The number of nitrogens with zero attached hydrogens (tertiary/aromatic N) is 4. The molecule has 1 aliphatic heterocycles. The third-order valence-corrected chi connectivity index (χ3v) is 4.02. The standard InChI is InChI=1S/C17H22N4O/c1-20(2)17-15-11-21(8-7-16(15)18-12-19-17)10-13-5-4-6-14(9-13)22-3/h4-6,9,12H,7-8,10-11H2,1-3H3. The van der Waals surface area contributed by atoms with E-state index in [0.717, 1.165) is 37.6 Å². The average molecular weight is 298 g/mol. The van der Waals surface area contributed by atoms with Crippen LogP contribution in [0.25, 0.3) is 0 Å². The van der Waals surface area contributed by atoms with Crippen LogP contribution < -0.4 is 9.64 Å². The van der Waals surface area contributed by atoms with Gasteiger partial charge in [-0.15, -0.1) is 0 Å². The van der Waals surface area contributed by atoms with Crippen molar-refractivity contribution in [1.29, 1.82) is 0 Å². The third-order valence-electron chi connectivity index (χ3n) is 4.02. The van der Waals surface area contributed by atoms with Gasteiger partial charge >= 0.3 is 0 Å². The first-order chi connectivity index (χ1) is 10.7. The summed E-state index contributed by atoms with van der Waals surface area (Å²) in [6.45, 7) is 2.83. The molecule has 0 saturated heterocycles. The van der Waals surface area contributed by atoms with Crippen molar-refractivity contribution >= 4 is 5.82 Å². The molecule has 2 aromatic rings. The predicted molar refractivity (Wildman–Crippen MR) is 87.2 cm³/mol. The summed E-state index contributed by atoms with van der Waals surface area (Å²) < 4.78 is 5.31. The van der Waals surface area contributed by atoms with Crippen LogP contribution in [0, 0.1) is 0 Å². The van der Waals surface area contributed by atoms with Gasteiger partial charge in [-0.25, -0.2) is 9.97 Å². The maximum Gasteiger partial charge on any atom is 0.136 e. The third kappa shape index (κ3) is 3.04. The molecule has 0 atom stereocenters. The van der Waals surface area contributed by atoms with Crippen molar-refractivity contribution in [3.63, 3.8) is 0 Å². The van der Waals surface area contributed by atoms with E-state index in [2.05, 4.69) is 31.9 Å². The highest BCUT2D eigenvalue weighted by Gasteiger charge is 2.21. The summed E-state index contributed by atoms with van der Waals surface area (Å²) in [6, 6.07) is 8.27. The molecule has 22 heavy (non-hydrogen) atoms. The summed E-state index contributed by atoms with van der Waals surface area (Å²) in [7, 11) is 5.77. The van der Waals surface area contributed by atoms with E-state index in [9.17, 15) is 0 Å². The van der Waals surface area contributed by atoms with Gasteiger partial charge < -0.3 is 9.64 Å². The Morgan fingerprint density at radius 2 is 2.14 bits per heavy atom. The first-order valence-electron chi connectivity index (χ1n) is 7.52. The van der Waals surface area contributed by atoms with E-state index < -0.39 is 0 Å². The van der Waals surface area contributed by atoms with Gasteiger partial charge in [-0.2, -0.15) is 0 Å². The Hall–Kier alpha value is -2.14. The molecule has 5 heteroatoms. The van der Waals surface area contributed by atoms with Crippen LogP contribution in [0.3, 0.4) is 0 Å². The molecule has 116 valence electrons. The van der Waals surface area contributed by atoms with E-state index in [1.54, 1.807) is 13.4 Å². The lowest BCUT2D eigenvalue weighted by atomic mass is 10.0. The van der Waals surface area contributed by atoms with E-state index >= 15 is 0 Å². The van der Waals surface area contributed by atoms with Crippen LogP contribution in [0.4, 0.5) is 5.82 Å². The minimum absolute atomic E-state index is 0.890. The average Bonchev–Trinajstić information content (AvgIpc) is 2.54. The lowest BCUT2D eigenvalue weighted by molar-refractivity contribution is 0.243. The van der Waals surface area contributed by atoms with E-state index in [1.165, 1.54) is 16.8 Å². The Bertz CT molecular complexity index is 657. The molecule has 0 spiro atoms. The number of rotatable bonds is 4. The molecule has 1 aromatic heterocycles. The van der Waals surface area contributed by atoms with Gasteiger partial charge in [0, 0.05) is 45.7 Å². The molecule has 3 rings (SSSR count). The van der Waals surface area contributed by atoms with Gasteiger partial charge in [-0.05, 0) is 17.7 Å². The summed E-state index contributed by atoms with van der Waals surface area (Å²) in [5.74, 6) is 1.94. The molecule has 2 heterocycles. The van der Waals surface area contributed by atoms with Crippen LogP contribution in [0.5, 0.6) is 5.75 Å². The molecule has 5 nitrogen and oxygen atoms in total. The van der Waals surface area contributed by atoms with Gasteiger partial charge in [-0.3, -0.25) is 4.90 Å². The van der Waals surface area contributed by atoms with Crippen LogP contribution in [0.1, 0.15) is 16.8 Å². The van der Waals surface area contributed by atoms with E-state index in [1.807, 2.05) is 26.2 Å². The van der Waals surface area contributed by atoms with Gasteiger partial charge in [0.1, 0.15) is 17.9 Å². The highest BCUT2D eigenvalue weighted by atomic mass is 16.5. The van der Waals surface area contributed by atoms with Gasteiger partial charge in [0.15, 0.2) is 0 Å². The summed E-state index contributed by atoms with van der Waals surface area (Å²) in [5, 5.41) is 0. The Balaban J connectivity index is 1.79. The smallest absolute Gasteiger partial charge is 0.136 e. The molecule has 0 fully saturated rings. The SMILES string of the molecule is COc1cccc(CN2CCc3ncnc(N(C)C)c3C2)c1. The van der Waals surface area contributed by atoms with E-state index in [-0.39, 0.29) is 0 Å². The summed E-state index contributed by atoms with van der Waals surface area (Å²) in [4.78, 5) is 13.4. The number of fused-ring (bicyclic) bond motifs is 1. The number of hydrogen-bond acceptors (Lipinski definition) is 5. The number of anilines is 1. The van der Waals surface area contributed by atoms with Gasteiger partial charge in [-0.1, -0.05) is 12.1 Å². The predicted octanol–water partition coefficient (Wildman–Crippen LogP) is 2.11. The Morgan fingerprint density at radius 1 is 1.27 bits per heavy atom. The van der Waals surface area contributed by atoms with Gasteiger partial charge in [0.25, 0.3) is 0 Å². The lowest BCUT2D eigenvalue weighted by Gasteiger charge is -2.30. The topological polar surface area (TPSA) is 41.5 Å². The minimum atomic E-state index is 0.890. The van der Waals surface area contributed by atoms with Crippen molar-refractivity contribution < 1.29 is 4.74 Å². The van der Waals surface area contributed by atoms with Crippen molar-refractivity contribution in [2.45, 2.75) is 19.5 Å².